The van der Waals surface area contributed by atoms with E-state index in [1.54, 1.807) is 13.0 Å². The number of aryl methyl sites for hydroxylation is 1. The van der Waals surface area contributed by atoms with Gasteiger partial charge >= 0.3 is 5.97 Å². The van der Waals surface area contributed by atoms with Crippen LogP contribution in [0.25, 0.3) is 0 Å². The van der Waals surface area contributed by atoms with Crippen molar-refractivity contribution < 1.29 is 14.3 Å². The average molecular weight is 300 g/mol. The molecular formula is C13H11ClFNO2S. The highest BCUT2D eigenvalue weighted by Gasteiger charge is 2.12. The number of carbonyl (C=O) groups is 1. The standard InChI is InChI=1S/C13H11ClFNO2S/c1-7-11(6-13(17)18)19-12(16-7)4-8-2-3-9(15)5-10(8)14/h2-3,5H,4,6H2,1H3,(H,17,18). The molecule has 1 N–H and O–H groups in total. The van der Waals surface area contributed by atoms with E-state index in [2.05, 4.69) is 4.98 Å². The van der Waals surface area contributed by atoms with Gasteiger partial charge in [-0.2, -0.15) is 0 Å². The predicted octanol–water partition coefficient (Wildman–Crippen LogP) is 3.46. The number of rotatable bonds is 4. The van der Waals surface area contributed by atoms with E-state index in [0.717, 1.165) is 21.1 Å². The summed E-state index contributed by atoms with van der Waals surface area (Å²) in [4.78, 5) is 15.8. The third-order valence-corrected chi connectivity index (χ3v) is 4.11. The highest BCUT2D eigenvalue weighted by Crippen LogP contribution is 2.25. The van der Waals surface area contributed by atoms with Crippen LogP contribution in [0.4, 0.5) is 4.39 Å². The van der Waals surface area contributed by atoms with Crippen LogP contribution in [0.1, 0.15) is 21.1 Å². The molecule has 19 heavy (non-hydrogen) atoms. The lowest BCUT2D eigenvalue weighted by Gasteiger charge is -2.01. The second-order valence-corrected chi connectivity index (χ2v) is 5.67. The number of aliphatic carboxylic acids is 1. The molecule has 100 valence electrons. The number of hydrogen-bond acceptors (Lipinski definition) is 3. The van der Waals surface area contributed by atoms with E-state index in [0.29, 0.717) is 11.4 Å². The zero-order valence-corrected chi connectivity index (χ0v) is 11.7. The highest BCUT2D eigenvalue weighted by atomic mass is 35.5. The molecule has 0 saturated carbocycles. The van der Waals surface area contributed by atoms with Gasteiger partial charge in [0.1, 0.15) is 5.82 Å². The summed E-state index contributed by atoms with van der Waals surface area (Å²) in [6.07, 6.45) is 0.449. The monoisotopic (exact) mass is 299 g/mol. The van der Waals surface area contributed by atoms with Gasteiger partial charge in [0.25, 0.3) is 0 Å². The first-order valence-electron chi connectivity index (χ1n) is 5.56. The molecule has 2 rings (SSSR count). The number of benzene rings is 1. The van der Waals surface area contributed by atoms with Crippen LogP contribution in [-0.4, -0.2) is 16.1 Å². The van der Waals surface area contributed by atoms with Gasteiger partial charge in [0.15, 0.2) is 0 Å². The Morgan fingerprint density at radius 2 is 2.26 bits per heavy atom. The maximum absolute atomic E-state index is 12.9. The van der Waals surface area contributed by atoms with Crippen molar-refractivity contribution in [2.75, 3.05) is 0 Å². The summed E-state index contributed by atoms with van der Waals surface area (Å²) >= 11 is 7.30. The number of aromatic nitrogens is 1. The van der Waals surface area contributed by atoms with Gasteiger partial charge in [-0.3, -0.25) is 4.79 Å². The highest BCUT2D eigenvalue weighted by molar-refractivity contribution is 7.11. The lowest BCUT2D eigenvalue weighted by Crippen LogP contribution is -1.99. The molecule has 1 aromatic heterocycles. The summed E-state index contributed by atoms with van der Waals surface area (Å²) in [6.45, 7) is 1.78. The number of carboxylic acid groups (broad SMARTS) is 1. The van der Waals surface area contributed by atoms with Crippen molar-refractivity contribution in [2.45, 2.75) is 19.8 Å². The number of nitrogens with zero attached hydrogens (tertiary/aromatic N) is 1. The molecule has 0 saturated heterocycles. The Balaban J connectivity index is 2.21. The second-order valence-electron chi connectivity index (χ2n) is 4.10. The summed E-state index contributed by atoms with van der Waals surface area (Å²) in [5.74, 6) is -1.26. The topological polar surface area (TPSA) is 50.2 Å². The van der Waals surface area contributed by atoms with Gasteiger partial charge in [0.2, 0.25) is 0 Å². The summed E-state index contributed by atoms with van der Waals surface area (Å²) in [5.41, 5.74) is 1.50. The van der Waals surface area contributed by atoms with E-state index in [4.69, 9.17) is 16.7 Å². The number of hydrogen-bond donors (Lipinski definition) is 1. The molecule has 0 aliphatic carbocycles. The fourth-order valence-corrected chi connectivity index (χ4v) is 3.01. The lowest BCUT2D eigenvalue weighted by atomic mass is 10.1. The maximum Gasteiger partial charge on any atom is 0.308 e. The first kappa shape index (κ1) is 14.0. The van der Waals surface area contributed by atoms with Gasteiger partial charge in [0, 0.05) is 16.3 Å². The van der Waals surface area contributed by atoms with E-state index in [1.807, 2.05) is 0 Å². The van der Waals surface area contributed by atoms with Crippen LogP contribution in [0.15, 0.2) is 18.2 Å². The first-order chi connectivity index (χ1) is 8.95. The van der Waals surface area contributed by atoms with Crippen LogP contribution in [0.2, 0.25) is 5.02 Å². The Kier molecular flexibility index (Phi) is 4.17. The van der Waals surface area contributed by atoms with Crippen molar-refractivity contribution in [1.82, 2.24) is 4.98 Å². The molecule has 0 fully saturated rings. The van der Waals surface area contributed by atoms with E-state index in [1.165, 1.54) is 23.5 Å². The van der Waals surface area contributed by atoms with Gasteiger partial charge in [0.05, 0.1) is 17.1 Å². The van der Waals surface area contributed by atoms with Crippen molar-refractivity contribution in [2.24, 2.45) is 0 Å². The Morgan fingerprint density at radius 1 is 1.53 bits per heavy atom. The van der Waals surface area contributed by atoms with Crippen LogP contribution >= 0.6 is 22.9 Å². The van der Waals surface area contributed by atoms with Crippen LogP contribution in [0.3, 0.4) is 0 Å². The molecule has 1 heterocycles. The Labute approximate surface area is 118 Å². The van der Waals surface area contributed by atoms with E-state index in [9.17, 15) is 9.18 Å². The fourth-order valence-electron chi connectivity index (χ4n) is 1.69. The average Bonchev–Trinajstić information content (AvgIpc) is 2.62. The van der Waals surface area contributed by atoms with Crippen molar-refractivity contribution in [1.29, 1.82) is 0 Å². The molecule has 0 spiro atoms. The molecule has 0 atom stereocenters. The second kappa shape index (κ2) is 5.67. The van der Waals surface area contributed by atoms with Crippen LogP contribution in [0, 0.1) is 12.7 Å². The Hall–Kier alpha value is -1.46. The predicted molar refractivity (Wildman–Crippen MR) is 72.4 cm³/mol. The minimum absolute atomic E-state index is 0.0271. The van der Waals surface area contributed by atoms with Crippen LogP contribution in [-0.2, 0) is 17.6 Å². The summed E-state index contributed by atoms with van der Waals surface area (Å²) < 4.78 is 12.9. The smallest absolute Gasteiger partial charge is 0.308 e. The van der Waals surface area contributed by atoms with Crippen molar-refractivity contribution in [3.63, 3.8) is 0 Å². The quantitative estimate of drug-likeness (QED) is 0.940. The maximum atomic E-state index is 12.9. The van der Waals surface area contributed by atoms with Gasteiger partial charge in [-0.1, -0.05) is 17.7 Å². The third kappa shape index (κ3) is 3.52. The SMILES string of the molecule is Cc1nc(Cc2ccc(F)cc2Cl)sc1CC(=O)O. The molecular weight excluding hydrogens is 289 g/mol. The number of halogens is 2. The minimum Gasteiger partial charge on any atom is -0.481 e. The van der Waals surface area contributed by atoms with Gasteiger partial charge in [-0.25, -0.2) is 9.37 Å². The zero-order chi connectivity index (χ0) is 14.0. The Bertz CT molecular complexity index is 627. The molecule has 2 aromatic rings. The fraction of sp³-hybridized carbons (Fsp3) is 0.231. The molecule has 0 amide bonds. The molecule has 0 aliphatic rings. The molecule has 0 unspecified atom stereocenters. The number of carboxylic acids is 1. The van der Waals surface area contributed by atoms with Gasteiger partial charge in [-0.15, -0.1) is 11.3 Å². The molecule has 6 heteroatoms. The van der Waals surface area contributed by atoms with E-state index in [-0.39, 0.29) is 12.2 Å². The number of thiazole rings is 1. The third-order valence-electron chi connectivity index (χ3n) is 2.61. The molecule has 0 bridgehead atoms. The summed E-state index contributed by atoms with van der Waals surface area (Å²) in [7, 11) is 0. The van der Waals surface area contributed by atoms with Crippen LogP contribution < -0.4 is 0 Å². The van der Waals surface area contributed by atoms with E-state index >= 15 is 0 Å². The summed E-state index contributed by atoms with van der Waals surface area (Å²) in [5, 5.41) is 9.92. The van der Waals surface area contributed by atoms with Gasteiger partial charge in [-0.05, 0) is 24.6 Å². The molecule has 0 radical (unpaired) electrons. The first-order valence-corrected chi connectivity index (χ1v) is 6.76. The van der Waals surface area contributed by atoms with Crippen molar-refractivity contribution in [3.05, 3.63) is 50.2 Å². The molecule has 1 aromatic carbocycles. The van der Waals surface area contributed by atoms with Gasteiger partial charge < -0.3 is 5.11 Å². The normalized spacial score (nSPS) is 10.7. The lowest BCUT2D eigenvalue weighted by molar-refractivity contribution is -0.136. The van der Waals surface area contributed by atoms with Crippen molar-refractivity contribution >= 4 is 28.9 Å². The van der Waals surface area contributed by atoms with E-state index < -0.39 is 5.97 Å². The van der Waals surface area contributed by atoms with Crippen molar-refractivity contribution in [3.8, 4) is 0 Å². The Morgan fingerprint density at radius 3 is 2.89 bits per heavy atom. The summed E-state index contributed by atoms with van der Waals surface area (Å²) in [6, 6.07) is 4.22. The largest absolute Gasteiger partial charge is 0.481 e. The van der Waals surface area contributed by atoms with Crippen LogP contribution in [0.5, 0.6) is 0 Å². The molecule has 0 aliphatic heterocycles. The molecule has 3 nitrogen and oxygen atoms in total. The zero-order valence-electron chi connectivity index (χ0n) is 10.1. The minimum atomic E-state index is -0.877.